The van der Waals surface area contributed by atoms with Crippen molar-refractivity contribution in [3.05, 3.63) is 63.6 Å². The zero-order valence-electron chi connectivity index (χ0n) is 21.5. The van der Waals surface area contributed by atoms with Crippen LogP contribution in [0.1, 0.15) is 56.6 Å². The van der Waals surface area contributed by atoms with Gasteiger partial charge in [0.05, 0.1) is 22.0 Å². The molecule has 0 saturated heterocycles. The van der Waals surface area contributed by atoms with Crippen LogP contribution in [-0.4, -0.2) is 50.0 Å². The zero-order valence-corrected chi connectivity index (χ0v) is 23.9. The first-order valence-electron chi connectivity index (χ1n) is 12.6. The minimum atomic E-state index is -3.90. The van der Waals surface area contributed by atoms with E-state index in [0.29, 0.717) is 6.42 Å². The molecular formula is C27H35Cl2N3O4S. The average molecular weight is 569 g/mol. The Morgan fingerprint density at radius 1 is 1.05 bits per heavy atom. The number of hydrogen-bond acceptors (Lipinski definition) is 4. The molecule has 2 amide bonds. The van der Waals surface area contributed by atoms with Crippen LogP contribution in [0.4, 0.5) is 5.69 Å². The van der Waals surface area contributed by atoms with Gasteiger partial charge in [-0.3, -0.25) is 13.9 Å². The average Bonchev–Trinajstić information content (AvgIpc) is 2.85. The Morgan fingerprint density at radius 3 is 2.30 bits per heavy atom. The molecule has 0 heterocycles. The van der Waals surface area contributed by atoms with Crippen molar-refractivity contribution in [1.29, 1.82) is 0 Å². The quantitative estimate of drug-likeness (QED) is 0.420. The van der Waals surface area contributed by atoms with Crippen molar-refractivity contribution < 1.29 is 18.0 Å². The van der Waals surface area contributed by atoms with Gasteiger partial charge in [-0.25, -0.2) is 8.42 Å². The molecule has 0 bridgehead atoms. The number of amides is 2. The predicted molar refractivity (Wildman–Crippen MR) is 149 cm³/mol. The van der Waals surface area contributed by atoms with Gasteiger partial charge in [0.2, 0.25) is 21.8 Å². The Labute approximate surface area is 230 Å². The van der Waals surface area contributed by atoms with Gasteiger partial charge in [-0.2, -0.15) is 0 Å². The number of hydrogen-bond donors (Lipinski definition) is 1. The first-order chi connectivity index (χ1) is 17.5. The molecular weight excluding hydrogens is 533 g/mol. The van der Waals surface area contributed by atoms with E-state index in [1.165, 1.54) is 11.0 Å². The molecule has 2 aromatic rings. The molecule has 1 fully saturated rings. The molecule has 1 aliphatic rings. The van der Waals surface area contributed by atoms with Crippen molar-refractivity contribution in [2.45, 2.75) is 71.0 Å². The third-order valence-electron chi connectivity index (χ3n) is 6.69. The summed E-state index contributed by atoms with van der Waals surface area (Å²) in [6.07, 6.45) is 6.53. The van der Waals surface area contributed by atoms with Crippen LogP contribution in [0, 0.1) is 6.92 Å². The molecule has 1 saturated carbocycles. The smallest absolute Gasteiger partial charge is 0.244 e. The van der Waals surface area contributed by atoms with Gasteiger partial charge in [0.15, 0.2) is 0 Å². The van der Waals surface area contributed by atoms with E-state index in [9.17, 15) is 18.0 Å². The van der Waals surface area contributed by atoms with Gasteiger partial charge in [0.1, 0.15) is 12.6 Å². The van der Waals surface area contributed by atoms with E-state index in [-0.39, 0.29) is 34.2 Å². The summed E-state index contributed by atoms with van der Waals surface area (Å²) in [5, 5.41) is 3.34. The molecule has 0 aromatic heterocycles. The maximum absolute atomic E-state index is 13.8. The summed E-state index contributed by atoms with van der Waals surface area (Å²) in [4.78, 5) is 28.7. The van der Waals surface area contributed by atoms with Gasteiger partial charge in [-0.05, 0) is 43.9 Å². The lowest BCUT2D eigenvalue weighted by molar-refractivity contribution is -0.140. The van der Waals surface area contributed by atoms with Crippen molar-refractivity contribution in [3.63, 3.8) is 0 Å². The van der Waals surface area contributed by atoms with E-state index in [0.717, 1.165) is 53.8 Å². The number of anilines is 1. The molecule has 3 rings (SSSR count). The van der Waals surface area contributed by atoms with Crippen LogP contribution in [0.2, 0.25) is 10.0 Å². The van der Waals surface area contributed by atoms with Crippen LogP contribution in [0.5, 0.6) is 0 Å². The number of carbonyl (C=O) groups excluding carboxylic acids is 2. The zero-order chi connectivity index (χ0) is 27.2. The number of aryl methyl sites for hydroxylation is 1. The number of halogens is 2. The summed E-state index contributed by atoms with van der Waals surface area (Å²) in [5.41, 5.74) is 2.03. The number of carbonyl (C=O) groups is 2. The fourth-order valence-corrected chi connectivity index (χ4v) is 5.94. The lowest BCUT2D eigenvalue weighted by Crippen LogP contribution is -2.54. The van der Waals surface area contributed by atoms with Crippen molar-refractivity contribution in [2.75, 3.05) is 17.1 Å². The monoisotopic (exact) mass is 567 g/mol. The molecule has 1 atom stereocenters. The number of sulfonamides is 1. The minimum Gasteiger partial charge on any atom is -0.352 e. The third kappa shape index (κ3) is 7.85. The largest absolute Gasteiger partial charge is 0.352 e. The van der Waals surface area contributed by atoms with E-state index in [1.807, 2.05) is 38.1 Å². The third-order valence-corrected chi connectivity index (χ3v) is 8.63. The van der Waals surface area contributed by atoms with E-state index in [4.69, 9.17) is 23.2 Å². The summed E-state index contributed by atoms with van der Waals surface area (Å²) < 4.78 is 26.5. The van der Waals surface area contributed by atoms with Gasteiger partial charge in [-0.15, -0.1) is 0 Å². The molecule has 0 spiro atoms. The normalized spacial score (nSPS) is 15.2. The Bertz CT molecular complexity index is 1200. The van der Waals surface area contributed by atoms with E-state index in [1.54, 1.807) is 12.1 Å². The first-order valence-corrected chi connectivity index (χ1v) is 15.2. The van der Waals surface area contributed by atoms with Gasteiger partial charge in [0, 0.05) is 12.6 Å². The van der Waals surface area contributed by atoms with Crippen molar-refractivity contribution in [1.82, 2.24) is 10.2 Å². The van der Waals surface area contributed by atoms with Crippen LogP contribution in [0.25, 0.3) is 0 Å². The van der Waals surface area contributed by atoms with Crippen molar-refractivity contribution in [3.8, 4) is 0 Å². The molecule has 7 nitrogen and oxygen atoms in total. The molecule has 0 radical (unpaired) electrons. The Hall–Kier alpha value is -2.29. The predicted octanol–water partition coefficient (Wildman–Crippen LogP) is 5.32. The topological polar surface area (TPSA) is 86.8 Å². The highest BCUT2D eigenvalue weighted by Crippen LogP contribution is 2.34. The second-order valence-corrected chi connectivity index (χ2v) is 12.3. The molecule has 1 aliphatic carbocycles. The second-order valence-electron chi connectivity index (χ2n) is 9.62. The van der Waals surface area contributed by atoms with Crippen molar-refractivity contribution >= 4 is 50.7 Å². The molecule has 0 aliphatic heterocycles. The molecule has 37 heavy (non-hydrogen) atoms. The minimum absolute atomic E-state index is 0.0366. The highest BCUT2D eigenvalue weighted by Gasteiger charge is 2.33. The van der Waals surface area contributed by atoms with E-state index in [2.05, 4.69) is 5.32 Å². The number of nitrogens with zero attached hydrogens (tertiary/aromatic N) is 2. The van der Waals surface area contributed by atoms with Crippen LogP contribution < -0.4 is 9.62 Å². The number of benzene rings is 2. The molecule has 0 unspecified atom stereocenters. The molecule has 2 aromatic carbocycles. The highest BCUT2D eigenvalue weighted by molar-refractivity contribution is 7.92. The maximum Gasteiger partial charge on any atom is 0.244 e. The Kier molecular flexibility index (Phi) is 10.3. The summed E-state index contributed by atoms with van der Waals surface area (Å²) in [6, 6.07) is 11.6. The van der Waals surface area contributed by atoms with Crippen LogP contribution in [0.3, 0.4) is 0 Å². The van der Waals surface area contributed by atoms with Crippen molar-refractivity contribution in [2.24, 2.45) is 0 Å². The molecule has 1 N–H and O–H groups in total. The Morgan fingerprint density at radius 2 is 1.70 bits per heavy atom. The van der Waals surface area contributed by atoms with E-state index < -0.39 is 28.5 Å². The lowest BCUT2D eigenvalue weighted by Gasteiger charge is -2.34. The molecule has 202 valence electrons. The molecule has 10 heteroatoms. The number of rotatable bonds is 10. The SMILES string of the molecule is CC[C@@H](C(=O)NC1CCCCC1)N(Cc1ccc(C)cc1)C(=O)CN(c1cccc(Cl)c1Cl)S(C)(=O)=O. The Balaban J connectivity index is 1.93. The van der Waals surface area contributed by atoms with Gasteiger partial charge >= 0.3 is 0 Å². The van der Waals surface area contributed by atoms with Crippen LogP contribution >= 0.6 is 23.2 Å². The fraction of sp³-hybridized carbons (Fsp3) is 0.481. The van der Waals surface area contributed by atoms with Gasteiger partial charge in [0.25, 0.3) is 0 Å². The summed E-state index contributed by atoms with van der Waals surface area (Å²) in [6.45, 7) is 3.47. The summed E-state index contributed by atoms with van der Waals surface area (Å²) in [7, 11) is -3.90. The van der Waals surface area contributed by atoms with Gasteiger partial charge in [-0.1, -0.05) is 85.3 Å². The van der Waals surface area contributed by atoms with Gasteiger partial charge < -0.3 is 10.2 Å². The highest BCUT2D eigenvalue weighted by atomic mass is 35.5. The summed E-state index contributed by atoms with van der Waals surface area (Å²) >= 11 is 12.5. The fourth-order valence-electron chi connectivity index (χ4n) is 4.63. The lowest BCUT2D eigenvalue weighted by atomic mass is 9.95. The maximum atomic E-state index is 13.8. The second kappa shape index (κ2) is 13.0. The number of nitrogens with one attached hydrogen (secondary N) is 1. The standard InChI is InChI=1S/C27H35Cl2N3O4S/c1-4-23(27(34)30-21-9-6-5-7-10-21)31(17-20-15-13-19(2)14-16-20)25(33)18-32(37(3,35)36)24-12-8-11-22(28)26(24)29/h8,11-16,21,23H,4-7,9-10,17-18H2,1-3H3,(H,30,34)/t23-/m0/s1. The van der Waals surface area contributed by atoms with E-state index >= 15 is 0 Å². The first kappa shape index (κ1) is 29.3. The summed E-state index contributed by atoms with van der Waals surface area (Å²) in [5.74, 6) is -0.728. The van der Waals surface area contributed by atoms with Crippen LogP contribution in [0.15, 0.2) is 42.5 Å². The van der Waals surface area contributed by atoms with Crippen LogP contribution in [-0.2, 0) is 26.2 Å².